The summed E-state index contributed by atoms with van der Waals surface area (Å²) in [6, 6.07) is 8.41. The molecule has 106 valence electrons. The molecule has 0 aliphatic rings. The minimum atomic E-state index is -0.911. The Labute approximate surface area is 115 Å². The lowest BCUT2D eigenvalue weighted by atomic mass is 10.0. The molecule has 0 amide bonds. The summed E-state index contributed by atoms with van der Waals surface area (Å²) in [5.41, 5.74) is 0.133. The van der Waals surface area contributed by atoms with Crippen LogP contribution in [0.2, 0.25) is 0 Å². The van der Waals surface area contributed by atoms with E-state index in [0.29, 0.717) is 5.56 Å². The van der Waals surface area contributed by atoms with Crippen molar-refractivity contribution < 1.29 is 14.6 Å². The molecule has 1 rings (SSSR count). The quantitative estimate of drug-likeness (QED) is 0.846. The normalized spacial score (nSPS) is 15.1. The molecule has 19 heavy (non-hydrogen) atoms. The van der Waals surface area contributed by atoms with Gasteiger partial charge < -0.3 is 9.84 Å². The first-order chi connectivity index (χ1) is 8.72. The molecule has 0 aromatic heterocycles. The SMILES string of the molecule is CN(C)C(C(=O)OC(C)(C)C)C(O)c1ccccc1. The van der Waals surface area contributed by atoms with E-state index in [1.165, 1.54) is 0 Å². The summed E-state index contributed by atoms with van der Waals surface area (Å²) >= 11 is 0. The monoisotopic (exact) mass is 265 g/mol. The van der Waals surface area contributed by atoms with Gasteiger partial charge in [-0.1, -0.05) is 30.3 Å². The maximum absolute atomic E-state index is 12.2. The maximum Gasteiger partial charge on any atom is 0.326 e. The van der Waals surface area contributed by atoms with E-state index in [1.54, 1.807) is 31.1 Å². The van der Waals surface area contributed by atoms with Crippen LogP contribution in [0.25, 0.3) is 0 Å². The minimum absolute atomic E-state index is 0.422. The van der Waals surface area contributed by atoms with Crippen LogP contribution in [0.1, 0.15) is 32.4 Å². The fraction of sp³-hybridized carbons (Fsp3) is 0.533. The molecule has 0 saturated carbocycles. The van der Waals surface area contributed by atoms with Crippen molar-refractivity contribution in [1.82, 2.24) is 4.90 Å². The minimum Gasteiger partial charge on any atom is -0.459 e. The van der Waals surface area contributed by atoms with Gasteiger partial charge in [0.2, 0.25) is 0 Å². The van der Waals surface area contributed by atoms with E-state index in [9.17, 15) is 9.90 Å². The van der Waals surface area contributed by atoms with E-state index in [-0.39, 0.29) is 0 Å². The van der Waals surface area contributed by atoms with Crippen LogP contribution in [0.5, 0.6) is 0 Å². The Bertz CT molecular complexity index is 409. The fourth-order valence-corrected chi connectivity index (χ4v) is 1.82. The predicted octanol–water partition coefficient (Wildman–Crippen LogP) is 1.99. The van der Waals surface area contributed by atoms with Gasteiger partial charge in [0.1, 0.15) is 17.7 Å². The summed E-state index contributed by atoms with van der Waals surface area (Å²) in [6.45, 7) is 5.44. The van der Waals surface area contributed by atoms with E-state index in [4.69, 9.17) is 4.74 Å². The molecule has 1 aromatic carbocycles. The molecule has 0 saturated heterocycles. The topological polar surface area (TPSA) is 49.8 Å². The number of benzene rings is 1. The fourth-order valence-electron chi connectivity index (χ4n) is 1.82. The molecule has 0 radical (unpaired) electrons. The molecule has 0 heterocycles. The van der Waals surface area contributed by atoms with Gasteiger partial charge in [-0.3, -0.25) is 9.69 Å². The smallest absolute Gasteiger partial charge is 0.326 e. The number of hydrogen-bond acceptors (Lipinski definition) is 4. The average molecular weight is 265 g/mol. The van der Waals surface area contributed by atoms with Gasteiger partial charge in [-0.05, 0) is 40.4 Å². The lowest BCUT2D eigenvalue weighted by Gasteiger charge is -2.30. The second-order valence-electron chi connectivity index (χ2n) is 5.80. The molecule has 2 unspecified atom stereocenters. The van der Waals surface area contributed by atoms with Crippen LogP contribution in [0.3, 0.4) is 0 Å². The highest BCUT2D eigenvalue weighted by Crippen LogP contribution is 2.22. The van der Waals surface area contributed by atoms with E-state index in [0.717, 1.165) is 0 Å². The molecule has 0 aliphatic heterocycles. The number of hydrogen-bond donors (Lipinski definition) is 1. The number of likely N-dealkylation sites (N-methyl/N-ethyl adjacent to an activating group) is 1. The molecule has 1 aromatic rings. The van der Waals surface area contributed by atoms with Crippen LogP contribution < -0.4 is 0 Å². The second-order valence-corrected chi connectivity index (χ2v) is 5.80. The van der Waals surface area contributed by atoms with E-state index in [2.05, 4.69) is 0 Å². The highest BCUT2D eigenvalue weighted by atomic mass is 16.6. The summed E-state index contributed by atoms with van der Waals surface area (Å²) in [5.74, 6) is -0.422. The number of carbonyl (C=O) groups is 1. The lowest BCUT2D eigenvalue weighted by Crippen LogP contribution is -2.44. The van der Waals surface area contributed by atoms with Gasteiger partial charge in [0.25, 0.3) is 0 Å². The number of nitrogens with zero attached hydrogens (tertiary/aromatic N) is 1. The van der Waals surface area contributed by atoms with Crippen LogP contribution in [0.15, 0.2) is 30.3 Å². The molecule has 4 heteroatoms. The number of aliphatic hydroxyl groups excluding tert-OH is 1. The summed E-state index contributed by atoms with van der Waals surface area (Å²) < 4.78 is 5.36. The van der Waals surface area contributed by atoms with Crippen LogP contribution >= 0.6 is 0 Å². The molecular formula is C15H23NO3. The Hall–Kier alpha value is -1.39. The van der Waals surface area contributed by atoms with Crippen molar-refractivity contribution in [2.24, 2.45) is 0 Å². The zero-order valence-electron chi connectivity index (χ0n) is 12.3. The Balaban J connectivity index is 2.92. The summed E-state index contributed by atoms with van der Waals surface area (Å²) in [7, 11) is 3.50. The van der Waals surface area contributed by atoms with Crippen molar-refractivity contribution in [3.8, 4) is 0 Å². The van der Waals surface area contributed by atoms with Crippen molar-refractivity contribution in [1.29, 1.82) is 0 Å². The number of rotatable bonds is 4. The van der Waals surface area contributed by atoms with E-state index < -0.39 is 23.7 Å². The van der Waals surface area contributed by atoms with Gasteiger partial charge in [0, 0.05) is 0 Å². The van der Waals surface area contributed by atoms with E-state index in [1.807, 2.05) is 39.0 Å². The lowest BCUT2D eigenvalue weighted by molar-refractivity contribution is -0.164. The Morgan fingerprint density at radius 2 is 1.74 bits per heavy atom. The zero-order chi connectivity index (χ0) is 14.6. The van der Waals surface area contributed by atoms with Crippen molar-refractivity contribution in [2.45, 2.75) is 38.5 Å². The molecule has 2 atom stereocenters. The zero-order valence-corrected chi connectivity index (χ0v) is 12.3. The first-order valence-electron chi connectivity index (χ1n) is 6.34. The van der Waals surface area contributed by atoms with Crippen LogP contribution in [-0.4, -0.2) is 41.7 Å². The van der Waals surface area contributed by atoms with Crippen molar-refractivity contribution >= 4 is 5.97 Å². The Morgan fingerprint density at radius 3 is 2.16 bits per heavy atom. The molecule has 0 aliphatic carbocycles. The van der Waals surface area contributed by atoms with Crippen molar-refractivity contribution in [3.05, 3.63) is 35.9 Å². The summed E-state index contributed by atoms with van der Waals surface area (Å²) in [4.78, 5) is 13.9. The highest BCUT2D eigenvalue weighted by molar-refractivity contribution is 5.77. The van der Waals surface area contributed by atoms with Crippen LogP contribution in [0.4, 0.5) is 0 Å². The van der Waals surface area contributed by atoms with E-state index >= 15 is 0 Å². The maximum atomic E-state index is 12.2. The van der Waals surface area contributed by atoms with Gasteiger partial charge in [-0.25, -0.2) is 0 Å². The second kappa shape index (κ2) is 6.17. The Morgan fingerprint density at radius 1 is 1.21 bits per heavy atom. The third-order valence-corrected chi connectivity index (χ3v) is 2.64. The van der Waals surface area contributed by atoms with Gasteiger partial charge in [0.05, 0.1) is 0 Å². The average Bonchev–Trinajstić information content (AvgIpc) is 2.27. The summed E-state index contributed by atoms with van der Waals surface area (Å²) in [6.07, 6.45) is -0.911. The van der Waals surface area contributed by atoms with Gasteiger partial charge in [-0.2, -0.15) is 0 Å². The van der Waals surface area contributed by atoms with Crippen LogP contribution in [-0.2, 0) is 9.53 Å². The predicted molar refractivity (Wildman–Crippen MR) is 74.7 cm³/mol. The number of ether oxygens (including phenoxy) is 1. The standard InChI is InChI=1S/C15H23NO3/c1-15(2,3)19-14(18)12(16(4)5)13(17)11-9-7-6-8-10-11/h6-10,12-13,17H,1-5H3. The highest BCUT2D eigenvalue weighted by Gasteiger charge is 2.33. The van der Waals surface area contributed by atoms with Crippen LogP contribution in [0, 0.1) is 0 Å². The largest absolute Gasteiger partial charge is 0.459 e. The molecule has 0 spiro atoms. The third-order valence-electron chi connectivity index (χ3n) is 2.64. The molecule has 0 bridgehead atoms. The first kappa shape index (κ1) is 15.7. The van der Waals surface area contributed by atoms with Crippen molar-refractivity contribution in [3.63, 3.8) is 0 Å². The van der Waals surface area contributed by atoms with Gasteiger partial charge in [-0.15, -0.1) is 0 Å². The molecular weight excluding hydrogens is 242 g/mol. The number of aliphatic hydroxyl groups is 1. The third kappa shape index (κ3) is 4.65. The molecule has 4 nitrogen and oxygen atoms in total. The molecule has 1 N–H and O–H groups in total. The van der Waals surface area contributed by atoms with Gasteiger partial charge >= 0.3 is 5.97 Å². The summed E-state index contributed by atoms with van der Waals surface area (Å²) in [5, 5.41) is 10.4. The first-order valence-corrected chi connectivity index (χ1v) is 6.34. The molecule has 0 fully saturated rings. The number of carbonyl (C=O) groups excluding carboxylic acids is 1. The van der Waals surface area contributed by atoms with Gasteiger partial charge in [0.15, 0.2) is 0 Å². The Kier molecular flexibility index (Phi) is 5.09. The number of esters is 1. The van der Waals surface area contributed by atoms with Crippen molar-refractivity contribution in [2.75, 3.05) is 14.1 Å².